The number of rotatable bonds is 8. The average Bonchev–Trinajstić information content (AvgIpc) is 2.71. The molecule has 0 atom stereocenters. The van der Waals surface area contributed by atoms with Gasteiger partial charge in [0.25, 0.3) is 5.91 Å². The van der Waals surface area contributed by atoms with Crippen LogP contribution in [-0.4, -0.2) is 32.8 Å². The minimum atomic E-state index is -0.179. The molecule has 28 heavy (non-hydrogen) atoms. The number of carbonyl (C=O) groups is 1. The maximum Gasteiger partial charge on any atom is 0.251 e. The second kappa shape index (κ2) is 9.35. The largest absolute Gasteiger partial charge is 0.493 e. The molecule has 2 aromatic rings. The van der Waals surface area contributed by atoms with Crippen molar-refractivity contribution in [1.82, 2.24) is 5.32 Å². The molecule has 0 saturated carbocycles. The van der Waals surface area contributed by atoms with Crippen LogP contribution in [0.5, 0.6) is 23.0 Å². The van der Waals surface area contributed by atoms with Gasteiger partial charge in [0, 0.05) is 12.1 Å². The fraction of sp³-hybridized carbons (Fsp3) is 0.409. The standard InChI is InChI=1S/C22H27NO5/c1-15(2)8-9-26-18-7-5-17(13-20(18)25-3)22(24)23-14-16-4-6-19-21(12-16)28-11-10-27-19/h4-7,12-13,15H,8-11,14H2,1-3H3,(H,23,24). The fourth-order valence-electron chi connectivity index (χ4n) is 2.81. The molecule has 2 aromatic carbocycles. The fourth-order valence-corrected chi connectivity index (χ4v) is 2.81. The molecular formula is C22H27NO5. The summed E-state index contributed by atoms with van der Waals surface area (Å²) in [6.07, 6.45) is 0.959. The summed E-state index contributed by atoms with van der Waals surface area (Å²) in [5, 5.41) is 2.92. The average molecular weight is 385 g/mol. The summed E-state index contributed by atoms with van der Waals surface area (Å²) in [5.74, 6) is 3.03. The molecule has 1 aliphatic rings. The van der Waals surface area contributed by atoms with Gasteiger partial charge in [0.15, 0.2) is 23.0 Å². The zero-order chi connectivity index (χ0) is 19.9. The highest BCUT2D eigenvalue weighted by Crippen LogP contribution is 2.31. The number of benzene rings is 2. The summed E-state index contributed by atoms with van der Waals surface area (Å²) in [6, 6.07) is 10.9. The molecule has 0 spiro atoms. The zero-order valence-electron chi connectivity index (χ0n) is 16.6. The highest BCUT2D eigenvalue weighted by molar-refractivity contribution is 5.94. The van der Waals surface area contributed by atoms with Crippen molar-refractivity contribution in [3.05, 3.63) is 47.5 Å². The molecule has 0 aromatic heterocycles. The molecule has 0 saturated heterocycles. The van der Waals surface area contributed by atoms with Crippen LogP contribution in [0, 0.1) is 5.92 Å². The van der Waals surface area contributed by atoms with E-state index in [2.05, 4.69) is 19.2 Å². The minimum Gasteiger partial charge on any atom is -0.493 e. The SMILES string of the molecule is COc1cc(C(=O)NCc2ccc3c(c2)OCCO3)ccc1OCCC(C)C. The van der Waals surface area contributed by atoms with Crippen molar-refractivity contribution in [1.29, 1.82) is 0 Å². The number of fused-ring (bicyclic) bond motifs is 1. The normalized spacial score (nSPS) is 12.6. The maximum absolute atomic E-state index is 12.5. The Hall–Kier alpha value is -2.89. The van der Waals surface area contributed by atoms with Crippen molar-refractivity contribution in [3.8, 4) is 23.0 Å². The topological polar surface area (TPSA) is 66.0 Å². The van der Waals surface area contributed by atoms with E-state index in [1.54, 1.807) is 25.3 Å². The molecule has 1 aliphatic heterocycles. The van der Waals surface area contributed by atoms with Gasteiger partial charge in [-0.25, -0.2) is 0 Å². The molecule has 1 N–H and O–H groups in total. The molecule has 150 valence electrons. The molecule has 0 radical (unpaired) electrons. The number of nitrogens with one attached hydrogen (secondary N) is 1. The molecule has 0 fully saturated rings. The third-order valence-electron chi connectivity index (χ3n) is 4.44. The van der Waals surface area contributed by atoms with Crippen LogP contribution < -0.4 is 24.3 Å². The Kier molecular flexibility index (Phi) is 6.63. The lowest BCUT2D eigenvalue weighted by atomic mass is 10.1. The van der Waals surface area contributed by atoms with Crippen LogP contribution in [0.4, 0.5) is 0 Å². The van der Waals surface area contributed by atoms with Crippen LogP contribution in [0.25, 0.3) is 0 Å². The third-order valence-corrected chi connectivity index (χ3v) is 4.44. The van der Waals surface area contributed by atoms with Crippen LogP contribution in [0.15, 0.2) is 36.4 Å². The molecule has 3 rings (SSSR count). The van der Waals surface area contributed by atoms with Gasteiger partial charge in [-0.05, 0) is 48.2 Å². The highest BCUT2D eigenvalue weighted by Gasteiger charge is 2.14. The van der Waals surface area contributed by atoms with Crippen LogP contribution >= 0.6 is 0 Å². The number of ether oxygens (including phenoxy) is 4. The first-order chi connectivity index (χ1) is 13.6. The van der Waals surface area contributed by atoms with E-state index in [1.165, 1.54) is 0 Å². The van der Waals surface area contributed by atoms with Gasteiger partial charge in [-0.1, -0.05) is 19.9 Å². The quantitative estimate of drug-likeness (QED) is 0.748. The van der Waals surface area contributed by atoms with Gasteiger partial charge in [-0.15, -0.1) is 0 Å². The Balaban J connectivity index is 1.60. The first kappa shape index (κ1) is 19.9. The molecule has 0 aliphatic carbocycles. The predicted molar refractivity (Wildman–Crippen MR) is 107 cm³/mol. The number of methoxy groups -OCH3 is 1. The van der Waals surface area contributed by atoms with E-state index < -0.39 is 0 Å². The van der Waals surface area contributed by atoms with E-state index in [9.17, 15) is 4.79 Å². The summed E-state index contributed by atoms with van der Waals surface area (Å²) < 4.78 is 22.2. The van der Waals surface area contributed by atoms with E-state index in [0.29, 0.717) is 55.1 Å². The lowest BCUT2D eigenvalue weighted by molar-refractivity contribution is 0.0950. The van der Waals surface area contributed by atoms with E-state index in [1.807, 2.05) is 18.2 Å². The van der Waals surface area contributed by atoms with Crippen LogP contribution in [0.1, 0.15) is 36.2 Å². The van der Waals surface area contributed by atoms with Crippen molar-refractivity contribution in [2.45, 2.75) is 26.8 Å². The summed E-state index contributed by atoms with van der Waals surface area (Å²) >= 11 is 0. The molecule has 0 bridgehead atoms. The minimum absolute atomic E-state index is 0.179. The maximum atomic E-state index is 12.5. The van der Waals surface area contributed by atoms with E-state index >= 15 is 0 Å². The third kappa shape index (κ3) is 5.09. The van der Waals surface area contributed by atoms with Crippen molar-refractivity contribution in [2.75, 3.05) is 26.9 Å². The Labute approximate surface area is 165 Å². The van der Waals surface area contributed by atoms with Gasteiger partial charge in [0.2, 0.25) is 0 Å². The Morgan fingerprint density at radius 1 is 1.07 bits per heavy atom. The lowest BCUT2D eigenvalue weighted by Crippen LogP contribution is -2.23. The van der Waals surface area contributed by atoms with Crippen molar-refractivity contribution < 1.29 is 23.7 Å². The Morgan fingerprint density at radius 3 is 2.61 bits per heavy atom. The number of carbonyl (C=O) groups excluding carboxylic acids is 1. The van der Waals surface area contributed by atoms with Gasteiger partial charge >= 0.3 is 0 Å². The lowest BCUT2D eigenvalue weighted by Gasteiger charge is -2.19. The summed E-state index contributed by atoms with van der Waals surface area (Å²) in [5.41, 5.74) is 1.46. The molecular weight excluding hydrogens is 358 g/mol. The first-order valence-electron chi connectivity index (χ1n) is 9.54. The highest BCUT2D eigenvalue weighted by atomic mass is 16.6. The second-order valence-corrected chi connectivity index (χ2v) is 7.06. The number of hydrogen-bond donors (Lipinski definition) is 1. The molecule has 1 amide bonds. The van der Waals surface area contributed by atoms with Crippen molar-refractivity contribution >= 4 is 5.91 Å². The second-order valence-electron chi connectivity index (χ2n) is 7.06. The molecule has 6 heteroatoms. The van der Waals surface area contributed by atoms with Gasteiger partial charge in [-0.2, -0.15) is 0 Å². The number of hydrogen-bond acceptors (Lipinski definition) is 5. The van der Waals surface area contributed by atoms with Gasteiger partial charge in [0.1, 0.15) is 13.2 Å². The van der Waals surface area contributed by atoms with E-state index in [-0.39, 0.29) is 5.91 Å². The van der Waals surface area contributed by atoms with Crippen LogP contribution in [-0.2, 0) is 6.54 Å². The van der Waals surface area contributed by atoms with Crippen molar-refractivity contribution in [3.63, 3.8) is 0 Å². The van der Waals surface area contributed by atoms with E-state index in [0.717, 1.165) is 17.7 Å². The van der Waals surface area contributed by atoms with Crippen LogP contribution in [0.3, 0.4) is 0 Å². The predicted octanol–water partition coefficient (Wildman–Crippen LogP) is 3.82. The molecule has 6 nitrogen and oxygen atoms in total. The van der Waals surface area contributed by atoms with E-state index in [4.69, 9.17) is 18.9 Å². The summed E-state index contributed by atoms with van der Waals surface area (Å²) in [6.45, 7) is 6.40. The summed E-state index contributed by atoms with van der Waals surface area (Å²) in [4.78, 5) is 12.5. The monoisotopic (exact) mass is 385 g/mol. The summed E-state index contributed by atoms with van der Waals surface area (Å²) in [7, 11) is 1.57. The first-order valence-corrected chi connectivity index (χ1v) is 9.54. The number of amides is 1. The van der Waals surface area contributed by atoms with Gasteiger partial charge in [-0.3, -0.25) is 4.79 Å². The smallest absolute Gasteiger partial charge is 0.251 e. The van der Waals surface area contributed by atoms with Gasteiger partial charge in [0.05, 0.1) is 13.7 Å². The molecule has 1 heterocycles. The Bertz CT molecular complexity index is 819. The Morgan fingerprint density at radius 2 is 1.86 bits per heavy atom. The van der Waals surface area contributed by atoms with Crippen molar-refractivity contribution in [2.24, 2.45) is 5.92 Å². The van der Waals surface area contributed by atoms with Gasteiger partial charge < -0.3 is 24.3 Å². The van der Waals surface area contributed by atoms with Crippen LogP contribution in [0.2, 0.25) is 0 Å². The zero-order valence-corrected chi connectivity index (χ0v) is 16.6. The molecule has 0 unspecified atom stereocenters.